The van der Waals surface area contributed by atoms with Gasteiger partial charge >= 0.3 is 0 Å². The van der Waals surface area contributed by atoms with Gasteiger partial charge in [0.2, 0.25) is 5.91 Å². The standard InChI is InChI=1S/C11H21NO3/c1-3-10-4-5-12(8-10)11(13)9-15-7-6-14-2/h10H,3-9H2,1-2H3. The molecule has 0 aromatic rings. The van der Waals surface area contributed by atoms with Crippen LogP contribution in [0.25, 0.3) is 0 Å². The minimum absolute atomic E-state index is 0.113. The van der Waals surface area contributed by atoms with Crippen molar-refractivity contribution in [3.8, 4) is 0 Å². The second-order valence-electron chi connectivity index (χ2n) is 3.95. The first kappa shape index (κ1) is 12.5. The average molecular weight is 215 g/mol. The Kier molecular flexibility index (Phi) is 5.65. The number of carbonyl (C=O) groups is 1. The van der Waals surface area contributed by atoms with E-state index in [4.69, 9.17) is 9.47 Å². The van der Waals surface area contributed by atoms with E-state index >= 15 is 0 Å². The Balaban J connectivity index is 2.12. The molecule has 0 aromatic heterocycles. The summed E-state index contributed by atoms with van der Waals surface area (Å²) in [5, 5.41) is 0. The highest BCUT2D eigenvalue weighted by molar-refractivity contribution is 5.77. The number of nitrogens with zero attached hydrogens (tertiary/aromatic N) is 1. The minimum atomic E-state index is 0.113. The predicted octanol–water partition coefficient (Wildman–Crippen LogP) is 0.908. The zero-order chi connectivity index (χ0) is 11.1. The monoisotopic (exact) mass is 215 g/mol. The van der Waals surface area contributed by atoms with Crippen molar-refractivity contribution in [3.05, 3.63) is 0 Å². The Morgan fingerprint density at radius 3 is 2.87 bits per heavy atom. The number of hydrogen-bond acceptors (Lipinski definition) is 3. The van der Waals surface area contributed by atoms with Gasteiger partial charge in [0, 0.05) is 20.2 Å². The molecule has 1 aliphatic rings. The third-order valence-electron chi connectivity index (χ3n) is 2.87. The highest BCUT2D eigenvalue weighted by Crippen LogP contribution is 2.18. The van der Waals surface area contributed by atoms with Gasteiger partial charge in [-0.3, -0.25) is 4.79 Å². The maximum absolute atomic E-state index is 11.6. The van der Waals surface area contributed by atoms with E-state index in [2.05, 4.69) is 6.92 Å². The summed E-state index contributed by atoms with van der Waals surface area (Å²) in [5.41, 5.74) is 0. The van der Waals surface area contributed by atoms with Crippen LogP contribution in [0.5, 0.6) is 0 Å². The van der Waals surface area contributed by atoms with Crippen LogP contribution in [0.1, 0.15) is 19.8 Å². The van der Waals surface area contributed by atoms with Gasteiger partial charge in [-0.2, -0.15) is 0 Å². The fraction of sp³-hybridized carbons (Fsp3) is 0.909. The largest absolute Gasteiger partial charge is 0.382 e. The number of amides is 1. The van der Waals surface area contributed by atoms with Crippen LogP contribution in [0.2, 0.25) is 0 Å². The van der Waals surface area contributed by atoms with Gasteiger partial charge in [0.25, 0.3) is 0 Å². The molecule has 88 valence electrons. The Hall–Kier alpha value is -0.610. The van der Waals surface area contributed by atoms with Crippen LogP contribution < -0.4 is 0 Å². The Morgan fingerprint density at radius 1 is 1.47 bits per heavy atom. The summed E-state index contributed by atoms with van der Waals surface area (Å²) in [6.45, 7) is 5.21. The van der Waals surface area contributed by atoms with E-state index in [9.17, 15) is 4.79 Å². The van der Waals surface area contributed by atoms with Crippen LogP contribution in [0, 0.1) is 5.92 Å². The first-order valence-electron chi connectivity index (χ1n) is 5.62. The lowest BCUT2D eigenvalue weighted by molar-refractivity contribution is -0.135. The third-order valence-corrected chi connectivity index (χ3v) is 2.87. The zero-order valence-corrected chi connectivity index (χ0v) is 9.70. The number of likely N-dealkylation sites (tertiary alicyclic amines) is 1. The molecule has 0 N–H and O–H groups in total. The average Bonchev–Trinajstić information content (AvgIpc) is 2.72. The zero-order valence-electron chi connectivity index (χ0n) is 9.70. The number of ether oxygens (including phenoxy) is 2. The van der Waals surface area contributed by atoms with E-state index in [0.717, 1.165) is 25.9 Å². The molecule has 1 atom stereocenters. The molecule has 0 spiro atoms. The summed E-state index contributed by atoms with van der Waals surface area (Å²) < 4.78 is 10.0. The SMILES string of the molecule is CCC1CCN(C(=O)COCCOC)C1. The van der Waals surface area contributed by atoms with Gasteiger partial charge in [0.05, 0.1) is 13.2 Å². The Morgan fingerprint density at radius 2 is 2.27 bits per heavy atom. The maximum Gasteiger partial charge on any atom is 0.248 e. The van der Waals surface area contributed by atoms with Crippen molar-refractivity contribution in [1.29, 1.82) is 0 Å². The number of hydrogen-bond donors (Lipinski definition) is 0. The van der Waals surface area contributed by atoms with Crippen molar-refractivity contribution >= 4 is 5.91 Å². The van der Waals surface area contributed by atoms with Gasteiger partial charge in [-0.1, -0.05) is 13.3 Å². The summed E-state index contributed by atoms with van der Waals surface area (Å²) in [6, 6.07) is 0. The molecule has 4 nitrogen and oxygen atoms in total. The lowest BCUT2D eigenvalue weighted by atomic mass is 10.1. The number of rotatable bonds is 6. The third kappa shape index (κ3) is 4.18. The highest BCUT2D eigenvalue weighted by atomic mass is 16.5. The van der Waals surface area contributed by atoms with Gasteiger partial charge < -0.3 is 14.4 Å². The van der Waals surface area contributed by atoms with Gasteiger partial charge in [0.15, 0.2) is 0 Å². The van der Waals surface area contributed by atoms with Crippen molar-refractivity contribution in [3.63, 3.8) is 0 Å². The molecule has 0 radical (unpaired) electrons. The van der Waals surface area contributed by atoms with Crippen molar-refractivity contribution in [2.24, 2.45) is 5.92 Å². The predicted molar refractivity (Wildman–Crippen MR) is 57.7 cm³/mol. The molecule has 0 saturated carbocycles. The molecular weight excluding hydrogens is 194 g/mol. The number of carbonyl (C=O) groups excluding carboxylic acids is 1. The van der Waals surface area contributed by atoms with E-state index in [1.165, 1.54) is 0 Å². The molecule has 1 aliphatic heterocycles. The second-order valence-corrected chi connectivity index (χ2v) is 3.95. The van der Waals surface area contributed by atoms with E-state index in [-0.39, 0.29) is 12.5 Å². The van der Waals surface area contributed by atoms with E-state index < -0.39 is 0 Å². The summed E-state index contributed by atoms with van der Waals surface area (Å²) in [4.78, 5) is 13.5. The summed E-state index contributed by atoms with van der Waals surface area (Å²) in [6.07, 6.45) is 2.30. The van der Waals surface area contributed by atoms with Crippen molar-refractivity contribution in [2.75, 3.05) is 40.0 Å². The van der Waals surface area contributed by atoms with Gasteiger partial charge in [-0.25, -0.2) is 0 Å². The van der Waals surface area contributed by atoms with E-state index in [1.54, 1.807) is 7.11 Å². The van der Waals surface area contributed by atoms with Crippen LogP contribution >= 0.6 is 0 Å². The van der Waals surface area contributed by atoms with Crippen molar-refractivity contribution < 1.29 is 14.3 Å². The topological polar surface area (TPSA) is 38.8 Å². The molecule has 1 rings (SSSR count). The van der Waals surface area contributed by atoms with Gasteiger partial charge in [-0.15, -0.1) is 0 Å². The quantitative estimate of drug-likeness (QED) is 0.618. The van der Waals surface area contributed by atoms with E-state index in [0.29, 0.717) is 19.1 Å². The van der Waals surface area contributed by atoms with E-state index in [1.807, 2.05) is 4.90 Å². The molecule has 0 bridgehead atoms. The fourth-order valence-electron chi connectivity index (χ4n) is 1.79. The first-order chi connectivity index (χ1) is 7.27. The molecule has 1 heterocycles. The lowest BCUT2D eigenvalue weighted by Crippen LogP contribution is -2.32. The van der Waals surface area contributed by atoms with Crippen LogP contribution in [-0.4, -0.2) is 50.8 Å². The summed E-state index contributed by atoms with van der Waals surface area (Å²) in [7, 11) is 1.62. The smallest absolute Gasteiger partial charge is 0.248 e. The Labute approximate surface area is 91.5 Å². The molecule has 4 heteroatoms. The molecular formula is C11H21NO3. The molecule has 0 aliphatic carbocycles. The van der Waals surface area contributed by atoms with Gasteiger partial charge in [-0.05, 0) is 12.3 Å². The van der Waals surface area contributed by atoms with Crippen LogP contribution in [0.4, 0.5) is 0 Å². The minimum Gasteiger partial charge on any atom is -0.382 e. The summed E-state index contributed by atoms with van der Waals surface area (Å²) in [5.74, 6) is 0.801. The molecule has 1 unspecified atom stereocenters. The van der Waals surface area contributed by atoms with Crippen LogP contribution in [0.15, 0.2) is 0 Å². The normalized spacial score (nSPS) is 20.9. The first-order valence-corrected chi connectivity index (χ1v) is 5.62. The fourth-order valence-corrected chi connectivity index (χ4v) is 1.79. The Bertz CT molecular complexity index is 196. The molecule has 1 amide bonds. The van der Waals surface area contributed by atoms with Crippen LogP contribution in [0.3, 0.4) is 0 Å². The molecule has 1 fully saturated rings. The molecule has 15 heavy (non-hydrogen) atoms. The second kappa shape index (κ2) is 6.80. The van der Waals surface area contributed by atoms with Crippen molar-refractivity contribution in [2.45, 2.75) is 19.8 Å². The molecule has 1 saturated heterocycles. The highest BCUT2D eigenvalue weighted by Gasteiger charge is 2.24. The van der Waals surface area contributed by atoms with Crippen molar-refractivity contribution in [1.82, 2.24) is 4.90 Å². The lowest BCUT2D eigenvalue weighted by Gasteiger charge is -2.16. The van der Waals surface area contributed by atoms with Gasteiger partial charge in [0.1, 0.15) is 6.61 Å². The number of methoxy groups -OCH3 is 1. The maximum atomic E-state index is 11.6. The molecule has 0 aromatic carbocycles. The van der Waals surface area contributed by atoms with Crippen LogP contribution in [-0.2, 0) is 14.3 Å². The summed E-state index contributed by atoms with van der Waals surface area (Å²) >= 11 is 0.